The Labute approximate surface area is 198 Å². The van der Waals surface area contributed by atoms with E-state index in [1.807, 2.05) is 35.2 Å². The van der Waals surface area contributed by atoms with E-state index in [4.69, 9.17) is 18.9 Å². The van der Waals surface area contributed by atoms with Crippen LogP contribution in [0.15, 0.2) is 48.5 Å². The van der Waals surface area contributed by atoms with Crippen LogP contribution in [0.2, 0.25) is 0 Å². The largest absolute Gasteiger partial charge is 0.497 e. The summed E-state index contributed by atoms with van der Waals surface area (Å²) in [6.45, 7) is 2.42. The normalized spacial score (nSPS) is 13.4. The summed E-state index contributed by atoms with van der Waals surface area (Å²) in [5.74, 6) is 3.08. The maximum absolute atomic E-state index is 13.1. The molecule has 1 aliphatic heterocycles. The van der Waals surface area contributed by atoms with Crippen molar-refractivity contribution in [2.24, 2.45) is 0 Å². The van der Waals surface area contributed by atoms with Gasteiger partial charge < -0.3 is 28.7 Å². The van der Waals surface area contributed by atoms with Crippen molar-refractivity contribution in [3.05, 3.63) is 54.1 Å². The van der Waals surface area contributed by atoms with E-state index >= 15 is 0 Å². The number of nitrogens with zero attached hydrogens (tertiary/aromatic N) is 4. The summed E-state index contributed by atoms with van der Waals surface area (Å²) in [6, 6.07) is 14.7. The summed E-state index contributed by atoms with van der Waals surface area (Å²) in [5.41, 5.74) is 1.99. The molecule has 0 radical (unpaired) electrons. The van der Waals surface area contributed by atoms with Crippen molar-refractivity contribution in [3.8, 4) is 34.3 Å². The Hall–Kier alpha value is -4.01. The third-order valence-electron chi connectivity index (χ3n) is 5.86. The number of hydrogen-bond donors (Lipinski definition) is 0. The van der Waals surface area contributed by atoms with Gasteiger partial charge in [-0.15, -0.1) is 10.2 Å². The SMILES string of the molecule is COc1ccc(OC)c(-c2ccc(N3CCN(C(=O)c4cccc(OC)c4OC)CC3)nn2)c1. The quantitative estimate of drug-likeness (QED) is 0.527. The maximum Gasteiger partial charge on any atom is 0.257 e. The average Bonchev–Trinajstić information content (AvgIpc) is 2.91. The lowest BCUT2D eigenvalue weighted by molar-refractivity contribution is 0.0742. The molecule has 0 N–H and O–H groups in total. The Morgan fingerprint density at radius 3 is 2.18 bits per heavy atom. The molecule has 3 aromatic rings. The number of anilines is 1. The Morgan fingerprint density at radius 1 is 0.794 bits per heavy atom. The van der Waals surface area contributed by atoms with Gasteiger partial charge in [0.15, 0.2) is 17.3 Å². The molecule has 1 amide bonds. The van der Waals surface area contributed by atoms with Crippen molar-refractivity contribution in [3.63, 3.8) is 0 Å². The van der Waals surface area contributed by atoms with Gasteiger partial charge in [0.2, 0.25) is 0 Å². The zero-order chi connectivity index (χ0) is 24.1. The van der Waals surface area contributed by atoms with Crippen molar-refractivity contribution >= 4 is 11.7 Å². The van der Waals surface area contributed by atoms with Gasteiger partial charge >= 0.3 is 0 Å². The van der Waals surface area contributed by atoms with Crippen LogP contribution in [0.4, 0.5) is 5.82 Å². The van der Waals surface area contributed by atoms with Gasteiger partial charge in [-0.3, -0.25) is 4.79 Å². The van der Waals surface area contributed by atoms with E-state index in [2.05, 4.69) is 15.1 Å². The predicted octanol–water partition coefficient (Wildman–Crippen LogP) is 3.14. The summed E-state index contributed by atoms with van der Waals surface area (Å²) in [4.78, 5) is 17.1. The first kappa shape index (κ1) is 23.2. The Kier molecular flexibility index (Phi) is 7.01. The molecular weight excluding hydrogens is 436 g/mol. The summed E-state index contributed by atoms with van der Waals surface area (Å²) in [7, 11) is 6.34. The van der Waals surface area contributed by atoms with Crippen molar-refractivity contribution < 1.29 is 23.7 Å². The van der Waals surface area contributed by atoms with Crippen LogP contribution in [0.1, 0.15) is 10.4 Å². The summed E-state index contributed by atoms with van der Waals surface area (Å²) in [6.07, 6.45) is 0. The number of para-hydroxylation sites is 1. The number of amides is 1. The van der Waals surface area contributed by atoms with Crippen molar-refractivity contribution in [1.29, 1.82) is 0 Å². The zero-order valence-electron chi connectivity index (χ0n) is 19.8. The summed E-state index contributed by atoms with van der Waals surface area (Å²) in [5, 5.41) is 8.84. The van der Waals surface area contributed by atoms with Crippen LogP contribution in [0.3, 0.4) is 0 Å². The standard InChI is InChI=1S/C25H28N4O5/c1-31-17-8-10-21(32-2)19(16-17)20-9-11-23(27-26-20)28-12-14-29(15-13-28)25(30)18-6-5-7-22(33-3)24(18)34-4/h5-11,16H,12-15H2,1-4H3. The third kappa shape index (κ3) is 4.54. The molecule has 0 saturated carbocycles. The van der Waals surface area contributed by atoms with Gasteiger partial charge in [-0.25, -0.2) is 0 Å². The molecular formula is C25H28N4O5. The summed E-state index contributed by atoms with van der Waals surface area (Å²) < 4.78 is 21.5. The molecule has 0 aliphatic carbocycles. The van der Waals surface area contributed by atoms with Gasteiger partial charge in [-0.2, -0.15) is 0 Å². The number of carbonyl (C=O) groups excluding carboxylic acids is 1. The molecule has 0 unspecified atom stereocenters. The third-order valence-corrected chi connectivity index (χ3v) is 5.86. The lowest BCUT2D eigenvalue weighted by atomic mass is 10.1. The second-order valence-electron chi connectivity index (χ2n) is 7.66. The van der Waals surface area contributed by atoms with E-state index < -0.39 is 0 Å². The molecule has 0 bridgehead atoms. The smallest absolute Gasteiger partial charge is 0.257 e. The fourth-order valence-corrected chi connectivity index (χ4v) is 4.02. The van der Waals surface area contributed by atoms with Crippen molar-refractivity contribution in [2.45, 2.75) is 0 Å². The van der Waals surface area contributed by atoms with E-state index in [0.717, 1.165) is 17.1 Å². The minimum absolute atomic E-state index is 0.0815. The van der Waals surface area contributed by atoms with E-state index in [1.165, 1.54) is 7.11 Å². The van der Waals surface area contributed by atoms with Crippen LogP contribution in [0.5, 0.6) is 23.0 Å². The molecule has 9 heteroatoms. The monoisotopic (exact) mass is 464 g/mol. The second-order valence-corrected chi connectivity index (χ2v) is 7.66. The zero-order valence-corrected chi connectivity index (χ0v) is 19.8. The highest BCUT2D eigenvalue weighted by molar-refractivity contribution is 5.98. The minimum atomic E-state index is -0.0815. The molecule has 1 fully saturated rings. The number of benzene rings is 2. The fourth-order valence-electron chi connectivity index (χ4n) is 4.02. The molecule has 4 rings (SSSR count). The molecule has 34 heavy (non-hydrogen) atoms. The molecule has 1 aliphatic rings. The van der Waals surface area contributed by atoms with Gasteiger partial charge in [-0.1, -0.05) is 6.07 Å². The number of methoxy groups -OCH3 is 4. The van der Waals surface area contributed by atoms with Crippen LogP contribution in [-0.4, -0.2) is 75.6 Å². The van der Waals surface area contributed by atoms with Gasteiger partial charge in [0.05, 0.1) is 39.7 Å². The Bertz CT molecular complexity index is 1140. The molecule has 2 aromatic carbocycles. The molecule has 0 spiro atoms. The van der Waals surface area contributed by atoms with Gasteiger partial charge in [0, 0.05) is 31.7 Å². The maximum atomic E-state index is 13.1. The van der Waals surface area contributed by atoms with Crippen molar-refractivity contribution in [1.82, 2.24) is 15.1 Å². The molecule has 0 atom stereocenters. The van der Waals surface area contributed by atoms with Gasteiger partial charge in [0.1, 0.15) is 11.5 Å². The first-order valence-electron chi connectivity index (χ1n) is 10.9. The van der Waals surface area contributed by atoms with E-state index in [9.17, 15) is 4.79 Å². The van der Waals surface area contributed by atoms with Crippen LogP contribution in [-0.2, 0) is 0 Å². The number of hydrogen-bond acceptors (Lipinski definition) is 8. The second kappa shape index (κ2) is 10.3. The van der Waals surface area contributed by atoms with Crippen LogP contribution in [0, 0.1) is 0 Å². The lowest BCUT2D eigenvalue weighted by Gasteiger charge is -2.35. The molecule has 2 heterocycles. The number of rotatable bonds is 7. The van der Waals surface area contributed by atoms with Crippen LogP contribution < -0.4 is 23.8 Å². The lowest BCUT2D eigenvalue weighted by Crippen LogP contribution is -2.49. The molecule has 1 aromatic heterocycles. The van der Waals surface area contributed by atoms with Crippen molar-refractivity contribution in [2.75, 3.05) is 59.5 Å². The Morgan fingerprint density at radius 2 is 1.56 bits per heavy atom. The number of aromatic nitrogens is 2. The van der Waals surface area contributed by atoms with Crippen LogP contribution >= 0.6 is 0 Å². The predicted molar refractivity (Wildman–Crippen MR) is 128 cm³/mol. The number of carbonyl (C=O) groups is 1. The van der Waals surface area contributed by atoms with E-state index in [-0.39, 0.29) is 5.91 Å². The van der Waals surface area contributed by atoms with Gasteiger partial charge in [-0.05, 0) is 42.5 Å². The highest BCUT2D eigenvalue weighted by Crippen LogP contribution is 2.33. The first-order valence-corrected chi connectivity index (χ1v) is 10.9. The summed E-state index contributed by atoms with van der Waals surface area (Å²) >= 11 is 0. The molecule has 1 saturated heterocycles. The minimum Gasteiger partial charge on any atom is -0.497 e. The molecule has 9 nitrogen and oxygen atoms in total. The highest BCUT2D eigenvalue weighted by Gasteiger charge is 2.26. The van der Waals surface area contributed by atoms with E-state index in [1.54, 1.807) is 39.5 Å². The van der Waals surface area contributed by atoms with E-state index in [0.29, 0.717) is 54.7 Å². The average molecular weight is 465 g/mol. The van der Waals surface area contributed by atoms with Crippen LogP contribution in [0.25, 0.3) is 11.3 Å². The Balaban J connectivity index is 1.45. The number of ether oxygens (including phenoxy) is 4. The molecule has 178 valence electrons. The highest BCUT2D eigenvalue weighted by atomic mass is 16.5. The van der Waals surface area contributed by atoms with Gasteiger partial charge in [0.25, 0.3) is 5.91 Å². The topological polar surface area (TPSA) is 86.3 Å². The fraction of sp³-hybridized carbons (Fsp3) is 0.320. The number of piperazine rings is 1. The first-order chi connectivity index (χ1) is 16.6.